The Bertz CT molecular complexity index is 1200. The Hall–Kier alpha value is -2.77. The Kier molecular flexibility index (Phi) is 5.58. The van der Waals surface area contributed by atoms with Crippen molar-refractivity contribution in [3.8, 4) is 0 Å². The van der Waals surface area contributed by atoms with Gasteiger partial charge in [0, 0.05) is 30.4 Å². The molecule has 1 N–H and O–H groups in total. The standard InChI is InChI=1S/C23H25N3O3S/c1-16-10-11-20(17(2)14-16)25-23(27)19-8-5-13-26(15-19)30(28,29)21-9-3-6-18-7-4-12-24-22(18)21/h3-4,6-7,9-12,14,19H,5,8,13,15H2,1-2H3,(H,25,27)/t19-/m0/s1. The number of anilines is 1. The second kappa shape index (κ2) is 8.16. The lowest BCUT2D eigenvalue weighted by atomic mass is 9.98. The molecule has 1 aliphatic rings. The zero-order valence-electron chi connectivity index (χ0n) is 17.1. The molecule has 0 aliphatic carbocycles. The summed E-state index contributed by atoms with van der Waals surface area (Å²) in [7, 11) is -3.75. The SMILES string of the molecule is Cc1ccc(NC(=O)[C@H]2CCCN(S(=O)(=O)c3cccc4cccnc34)C2)c(C)c1. The minimum atomic E-state index is -3.75. The van der Waals surface area contributed by atoms with Crippen LogP contribution in [0.15, 0.2) is 59.6 Å². The summed E-state index contributed by atoms with van der Waals surface area (Å²) in [5, 5.41) is 3.75. The zero-order chi connectivity index (χ0) is 21.3. The first kappa shape index (κ1) is 20.5. The number of aryl methyl sites for hydroxylation is 2. The van der Waals surface area contributed by atoms with Gasteiger partial charge in [-0.2, -0.15) is 4.31 Å². The van der Waals surface area contributed by atoms with Crippen molar-refractivity contribution in [1.82, 2.24) is 9.29 Å². The van der Waals surface area contributed by atoms with Crippen LogP contribution in [-0.4, -0.2) is 36.7 Å². The maximum absolute atomic E-state index is 13.4. The van der Waals surface area contributed by atoms with Crippen LogP contribution < -0.4 is 5.32 Å². The molecule has 1 fully saturated rings. The maximum Gasteiger partial charge on any atom is 0.245 e. The molecule has 0 spiro atoms. The van der Waals surface area contributed by atoms with E-state index >= 15 is 0 Å². The van der Waals surface area contributed by atoms with Crippen LogP contribution in [0.5, 0.6) is 0 Å². The highest BCUT2D eigenvalue weighted by Crippen LogP contribution is 2.28. The molecule has 6 nitrogen and oxygen atoms in total. The number of nitrogens with zero attached hydrogens (tertiary/aromatic N) is 2. The fourth-order valence-corrected chi connectivity index (χ4v) is 5.68. The molecule has 0 unspecified atom stereocenters. The van der Waals surface area contributed by atoms with Crippen molar-refractivity contribution in [2.75, 3.05) is 18.4 Å². The molecule has 2 aromatic carbocycles. The maximum atomic E-state index is 13.4. The molecule has 1 amide bonds. The third kappa shape index (κ3) is 3.95. The lowest BCUT2D eigenvalue weighted by Crippen LogP contribution is -2.43. The van der Waals surface area contributed by atoms with E-state index in [1.54, 1.807) is 24.4 Å². The molecule has 1 saturated heterocycles. The van der Waals surface area contributed by atoms with Gasteiger partial charge < -0.3 is 5.32 Å². The van der Waals surface area contributed by atoms with Crippen molar-refractivity contribution in [3.63, 3.8) is 0 Å². The van der Waals surface area contributed by atoms with E-state index in [4.69, 9.17) is 0 Å². The summed E-state index contributed by atoms with van der Waals surface area (Å²) in [4.78, 5) is 17.4. The van der Waals surface area contributed by atoms with Gasteiger partial charge >= 0.3 is 0 Å². The van der Waals surface area contributed by atoms with Crippen LogP contribution in [0.3, 0.4) is 0 Å². The van der Waals surface area contributed by atoms with Crippen molar-refractivity contribution in [1.29, 1.82) is 0 Å². The van der Waals surface area contributed by atoms with Gasteiger partial charge in [-0.1, -0.05) is 35.9 Å². The van der Waals surface area contributed by atoms with Gasteiger partial charge in [0.05, 0.1) is 11.4 Å². The summed E-state index contributed by atoms with van der Waals surface area (Å²) in [6.45, 7) is 4.53. The first-order chi connectivity index (χ1) is 14.4. The normalized spacial score (nSPS) is 17.7. The zero-order valence-corrected chi connectivity index (χ0v) is 17.9. The Morgan fingerprint density at radius 2 is 1.93 bits per heavy atom. The lowest BCUT2D eigenvalue weighted by molar-refractivity contribution is -0.120. The van der Waals surface area contributed by atoms with Crippen molar-refractivity contribution in [2.24, 2.45) is 5.92 Å². The molecule has 7 heteroatoms. The number of carbonyl (C=O) groups excluding carboxylic acids is 1. The van der Waals surface area contributed by atoms with E-state index in [-0.39, 0.29) is 17.3 Å². The van der Waals surface area contributed by atoms with Gasteiger partial charge in [-0.15, -0.1) is 0 Å². The summed E-state index contributed by atoms with van der Waals surface area (Å²) in [5.74, 6) is -0.532. The number of piperidine rings is 1. The molecule has 1 atom stereocenters. The highest BCUT2D eigenvalue weighted by Gasteiger charge is 2.34. The molecule has 0 radical (unpaired) electrons. The van der Waals surface area contributed by atoms with Crippen LogP contribution in [0, 0.1) is 19.8 Å². The first-order valence-corrected chi connectivity index (χ1v) is 11.5. The highest BCUT2D eigenvalue weighted by atomic mass is 32.2. The van der Waals surface area contributed by atoms with Crippen molar-refractivity contribution in [2.45, 2.75) is 31.6 Å². The highest BCUT2D eigenvalue weighted by molar-refractivity contribution is 7.89. The fraction of sp³-hybridized carbons (Fsp3) is 0.304. The van der Waals surface area contributed by atoms with Crippen molar-refractivity contribution >= 4 is 32.5 Å². The molecule has 3 aromatic rings. The van der Waals surface area contributed by atoms with Gasteiger partial charge in [0.2, 0.25) is 15.9 Å². The van der Waals surface area contributed by atoms with Gasteiger partial charge in [-0.05, 0) is 50.5 Å². The summed E-state index contributed by atoms with van der Waals surface area (Å²) in [5.41, 5.74) is 3.35. The molecular weight excluding hydrogens is 398 g/mol. The number of amides is 1. The largest absolute Gasteiger partial charge is 0.326 e. The van der Waals surface area contributed by atoms with E-state index in [0.717, 1.165) is 22.2 Å². The smallest absolute Gasteiger partial charge is 0.245 e. The number of carbonyl (C=O) groups is 1. The average Bonchev–Trinajstić information content (AvgIpc) is 2.75. The van der Waals surface area contributed by atoms with Crippen LogP contribution in [0.4, 0.5) is 5.69 Å². The number of para-hydroxylation sites is 1. The second-order valence-corrected chi connectivity index (χ2v) is 9.75. The number of pyridine rings is 1. The second-order valence-electron chi connectivity index (χ2n) is 7.84. The van der Waals surface area contributed by atoms with Crippen LogP contribution in [0.2, 0.25) is 0 Å². The quantitative estimate of drug-likeness (QED) is 0.690. The number of aromatic nitrogens is 1. The van der Waals surface area contributed by atoms with Crippen molar-refractivity contribution in [3.05, 3.63) is 65.9 Å². The minimum Gasteiger partial charge on any atom is -0.326 e. The van der Waals surface area contributed by atoms with Gasteiger partial charge in [-0.25, -0.2) is 8.42 Å². The van der Waals surface area contributed by atoms with E-state index in [2.05, 4.69) is 10.3 Å². The molecular formula is C23H25N3O3S. The minimum absolute atomic E-state index is 0.141. The third-order valence-corrected chi connectivity index (χ3v) is 7.50. The Balaban J connectivity index is 1.56. The molecule has 1 aliphatic heterocycles. The summed E-state index contributed by atoms with van der Waals surface area (Å²) in [6, 6.07) is 14.6. The average molecular weight is 424 g/mol. The molecule has 0 saturated carbocycles. The van der Waals surface area contributed by atoms with Crippen LogP contribution in [0.1, 0.15) is 24.0 Å². The van der Waals surface area contributed by atoms with E-state index in [9.17, 15) is 13.2 Å². The topological polar surface area (TPSA) is 79.4 Å². The van der Waals surface area contributed by atoms with Crippen LogP contribution in [-0.2, 0) is 14.8 Å². The molecule has 156 valence electrons. The van der Waals surface area contributed by atoms with E-state index in [1.807, 2.05) is 44.2 Å². The first-order valence-electron chi connectivity index (χ1n) is 10.1. The molecule has 1 aromatic heterocycles. The number of nitrogens with one attached hydrogen (secondary N) is 1. The molecule has 0 bridgehead atoms. The van der Waals surface area contributed by atoms with Gasteiger partial charge in [0.15, 0.2) is 0 Å². The number of hydrogen-bond donors (Lipinski definition) is 1. The molecule has 4 rings (SSSR count). The number of sulfonamides is 1. The predicted molar refractivity (Wildman–Crippen MR) is 118 cm³/mol. The molecule has 30 heavy (non-hydrogen) atoms. The Morgan fingerprint density at radius 3 is 2.73 bits per heavy atom. The monoisotopic (exact) mass is 423 g/mol. The lowest BCUT2D eigenvalue weighted by Gasteiger charge is -2.31. The van der Waals surface area contributed by atoms with Gasteiger partial charge in [0.1, 0.15) is 4.90 Å². The van der Waals surface area contributed by atoms with Crippen LogP contribution in [0.25, 0.3) is 10.9 Å². The van der Waals surface area contributed by atoms with Gasteiger partial charge in [-0.3, -0.25) is 9.78 Å². The number of rotatable bonds is 4. The Labute approximate surface area is 177 Å². The van der Waals surface area contributed by atoms with E-state index in [1.165, 1.54) is 4.31 Å². The van der Waals surface area contributed by atoms with E-state index in [0.29, 0.717) is 24.9 Å². The number of benzene rings is 2. The number of fused-ring (bicyclic) bond motifs is 1. The van der Waals surface area contributed by atoms with E-state index < -0.39 is 15.9 Å². The number of hydrogen-bond acceptors (Lipinski definition) is 4. The summed E-state index contributed by atoms with van der Waals surface area (Å²) in [6.07, 6.45) is 2.90. The fourth-order valence-electron chi connectivity index (χ4n) is 3.99. The Morgan fingerprint density at radius 1 is 1.13 bits per heavy atom. The predicted octanol–water partition coefficient (Wildman–Crippen LogP) is 3.89. The molecule has 2 heterocycles. The van der Waals surface area contributed by atoms with Gasteiger partial charge in [0.25, 0.3) is 0 Å². The third-order valence-electron chi connectivity index (χ3n) is 5.61. The summed E-state index contributed by atoms with van der Waals surface area (Å²) >= 11 is 0. The van der Waals surface area contributed by atoms with Crippen LogP contribution >= 0.6 is 0 Å². The summed E-state index contributed by atoms with van der Waals surface area (Å²) < 4.78 is 28.2. The van der Waals surface area contributed by atoms with Crippen molar-refractivity contribution < 1.29 is 13.2 Å².